The van der Waals surface area contributed by atoms with Crippen LogP contribution in [0.25, 0.3) is 22.0 Å². The van der Waals surface area contributed by atoms with E-state index < -0.39 is 0 Å². The Hall–Kier alpha value is -3.65. The van der Waals surface area contributed by atoms with Gasteiger partial charge in [0.25, 0.3) is 0 Å². The molecule has 0 atom stereocenters. The Bertz CT molecular complexity index is 1230. The van der Waals surface area contributed by atoms with E-state index in [-0.39, 0.29) is 5.82 Å². The molecule has 4 aromatic rings. The Morgan fingerprint density at radius 2 is 1.88 bits per heavy atom. The van der Waals surface area contributed by atoms with Gasteiger partial charge in [0.05, 0.1) is 37.8 Å². The second-order valence-corrected chi connectivity index (χ2v) is 7.83. The lowest BCUT2D eigenvalue weighted by Crippen LogP contribution is -2.32. The highest BCUT2D eigenvalue weighted by atomic mass is 19.1. The molecule has 1 saturated heterocycles. The predicted octanol–water partition coefficient (Wildman–Crippen LogP) is 4.17. The minimum Gasteiger partial charge on any atom is -0.491 e. The number of ether oxygens (including phenoxy) is 2. The summed E-state index contributed by atoms with van der Waals surface area (Å²) in [6.45, 7) is 4.32. The van der Waals surface area contributed by atoms with E-state index in [1.807, 2.05) is 31.2 Å². The molecule has 0 spiro atoms. The Balaban J connectivity index is 1.52. The number of halogens is 1. The lowest BCUT2D eigenvalue weighted by Gasteiger charge is -2.26. The first kappa shape index (κ1) is 20.3. The molecule has 7 nitrogen and oxygen atoms in total. The molecule has 0 aliphatic carbocycles. The van der Waals surface area contributed by atoms with Gasteiger partial charge in [-0.2, -0.15) is 10.2 Å². The standard InChI is InChI=1S/C24H22FN5O2/c1-15-2-7-20(30-29-15)10-26-24-21-8-18(17-3-5-19(25)6-4-17)9-22(23(21)27-14-28-24)32-13-16-11-31-12-16/h2-9,14,16H,10-13H2,1H3,(H,26,27,28). The summed E-state index contributed by atoms with van der Waals surface area (Å²) in [5, 5.41) is 12.5. The fraction of sp³-hybridized carbons (Fsp3) is 0.250. The number of benzene rings is 2. The van der Waals surface area contributed by atoms with E-state index >= 15 is 0 Å². The van der Waals surface area contributed by atoms with Gasteiger partial charge in [0.15, 0.2) is 0 Å². The number of nitrogens with one attached hydrogen (secondary N) is 1. The molecule has 8 heteroatoms. The third-order valence-electron chi connectivity index (χ3n) is 5.35. The quantitative estimate of drug-likeness (QED) is 0.470. The number of nitrogens with zero attached hydrogens (tertiary/aromatic N) is 4. The maximum atomic E-state index is 13.5. The summed E-state index contributed by atoms with van der Waals surface area (Å²) in [4.78, 5) is 8.93. The summed E-state index contributed by atoms with van der Waals surface area (Å²) < 4.78 is 24.9. The zero-order valence-electron chi connectivity index (χ0n) is 17.6. The summed E-state index contributed by atoms with van der Waals surface area (Å²) in [5.74, 6) is 1.42. The highest BCUT2D eigenvalue weighted by Gasteiger charge is 2.20. The summed E-state index contributed by atoms with van der Waals surface area (Å²) in [7, 11) is 0. The highest BCUT2D eigenvalue weighted by Crippen LogP contribution is 2.34. The molecule has 3 heterocycles. The van der Waals surface area contributed by atoms with Crippen molar-refractivity contribution in [2.75, 3.05) is 25.1 Å². The Morgan fingerprint density at radius 3 is 2.59 bits per heavy atom. The lowest BCUT2D eigenvalue weighted by atomic mass is 10.0. The molecule has 32 heavy (non-hydrogen) atoms. The largest absolute Gasteiger partial charge is 0.491 e. The van der Waals surface area contributed by atoms with Gasteiger partial charge in [0, 0.05) is 11.3 Å². The van der Waals surface area contributed by atoms with Crippen molar-refractivity contribution >= 4 is 16.7 Å². The van der Waals surface area contributed by atoms with Crippen LogP contribution < -0.4 is 10.1 Å². The van der Waals surface area contributed by atoms with Crippen LogP contribution in [-0.4, -0.2) is 40.0 Å². The molecule has 162 valence electrons. The molecule has 0 unspecified atom stereocenters. The molecule has 0 saturated carbocycles. The van der Waals surface area contributed by atoms with Gasteiger partial charge in [0.2, 0.25) is 0 Å². The Kier molecular flexibility index (Phi) is 5.60. The van der Waals surface area contributed by atoms with Crippen LogP contribution in [-0.2, 0) is 11.3 Å². The fourth-order valence-corrected chi connectivity index (χ4v) is 3.48. The average molecular weight is 431 g/mol. The van der Waals surface area contributed by atoms with Crippen molar-refractivity contribution in [1.29, 1.82) is 0 Å². The van der Waals surface area contributed by atoms with Gasteiger partial charge in [-0.1, -0.05) is 12.1 Å². The molecule has 1 aliphatic heterocycles. The number of aromatic nitrogens is 4. The molecular weight excluding hydrogens is 409 g/mol. The predicted molar refractivity (Wildman–Crippen MR) is 119 cm³/mol. The van der Waals surface area contributed by atoms with Gasteiger partial charge < -0.3 is 14.8 Å². The van der Waals surface area contributed by atoms with E-state index in [1.54, 1.807) is 12.1 Å². The van der Waals surface area contributed by atoms with E-state index in [4.69, 9.17) is 9.47 Å². The Labute approximate surface area is 184 Å². The molecule has 2 aromatic carbocycles. The van der Waals surface area contributed by atoms with Crippen LogP contribution in [0.1, 0.15) is 11.4 Å². The number of rotatable bonds is 7. The van der Waals surface area contributed by atoms with Gasteiger partial charge in [-0.25, -0.2) is 14.4 Å². The van der Waals surface area contributed by atoms with Crippen molar-refractivity contribution in [2.24, 2.45) is 5.92 Å². The SMILES string of the molecule is Cc1ccc(CNc2ncnc3c(OCC4COC4)cc(-c4ccc(F)cc4)cc23)nn1. The average Bonchev–Trinajstić information content (AvgIpc) is 2.78. The molecular formula is C24H22FN5O2. The summed E-state index contributed by atoms with van der Waals surface area (Å²) in [6.07, 6.45) is 1.52. The molecule has 1 fully saturated rings. The van der Waals surface area contributed by atoms with Crippen LogP contribution in [0.5, 0.6) is 5.75 Å². The molecule has 0 radical (unpaired) electrons. The van der Waals surface area contributed by atoms with E-state index in [0.29, 0.717) is 49.4 Å². The summed E-state index contributed by atoms with van der Waals surface area (Å²) in [6, 6.07) is 14.2. The van der Waals surface area contributed by atoms with Gasteiger partial charge >= 0.3 is 0 Å². The maximum absolute atomic E-state index is 13.5. The molecule has 5 rings (SSSR count). The van der Waals surface area contributed by atoms with Crippen LogP contribution >= 0.6 is 0 Å². The number of hydrogen-bond acceptors (Lipinski definition) is 7. The highest BCUT2D eigenvalue weighted by molar-refractivity contribution is 5.96. The second kappa shape index (κ2) is 8.84. The zero-order chi connectivity index (χ0) is 21.9. The summed E-state index contributed by atoms with van der Waals surface area (Å²) >= 11 is 0. The molecule has 0 amide bonds. The minimum atomic E-state index is -0.277. The molecule has 2 aromatic heterocycles. The smallest absolute Gasteiger partial charge is 0.146 e. The van der Waals surface area contributed by atoms with Crippen LogP contribution in [0.4, 0.5) is 10.2 Å². The van der Waals surface area contributed by atoms with Crippen LogP contribution in [0.15, 0.2) is 54.9 Å². The third kappa shape index (κ3) is 4.36. The van der Waals surface area contributed by atoms with Crippen LogP contribution in [0.2, 0.25) is 0 Å². The number of hydrogen-bond donors (Lipinski definition) is 1. The van der Waals surface area contributed by atoms with Crippen LogP contribution in [0.3, 0.4) is 0 Å². The Morgan fingerprint density at radius 1 is 1.03 bits per heavy atom. The van der Waals surface area contributed by atoms with Crippen molar-refractivity contribution < 1.29 is 13.9 Å². The van der Waals surface area contributed by atoms with Crippen molar-refractivity contribution in [3.05, 3.63) is 72.1 Å². The number of fused-ring (bicyclic) bond motifs is 1. The molecule has 1 aliphatic rings. The third-order valence-corrected chi connectivity index (χ3v) is 5.35. The van der Waals surface area contributed by atoms with Crippen molar-refractivity contribution in [1.82, 2.24) is 20.2 Å². The van der Waals surface area contributed by atoms with E-state index in [1.165, 1.54) is 18.5 Å². The first-order valence-electron chi connectivity index (χ1n) is 10.4. The van der Waals surface area contributed by atoms with E-state index in [2.05, 4.69) is 25.5 Å². The van der Waals surface area contributed by atoms with E-state index in [0.717, 1.165) is 27.9 Å². The van der Waals surface area contributed by atoms with Crippen molar-refractivity contribution in [3.8, 4) is 16.9 Å². The molecule has 0 bridgehead atoms. The van der Waals surface area contributed by atoms with Gasteiger partial charge in [-0.3, -0.25) is 0 Å². The first-order chi connectivity index (χ1) is 15.7. The normalized spacial score (nSPS) is 13.7. The van der Waals surface area contributed by atoms with E-state index in [9.17, 15) is 4.39 Å². The number of aryl methyl sites for hydroxylation is 1. The topological polar surface area (TPSA) is 82.1 Å². The zero-order valence-corrected chi connectivity index (χ0v) is 17.6. The van der Waals surface area contributed by atoms with Gasteiger partial charge in [-0.15, -0.1) is 0 Å². The maximum Gasteiger partial charge on any atom is 0.146 e. The first-order valence-corrected chi connectivity index (χ1v) is 10.4. The summed E-state index contributed by atoms with van der Waals surface area (Å²) in [5.41, 5.74) is 4.15. The van der Waals surface area contributed by atoms with Crippen molar-refractivity contribution in [3.63, 3.8) is 0 Å². The second-order valence-electron chi connectivity index (χ2n) is 7.83. The fourth-order valence-electron chi connectivity index (χ4n) is 3.48. The van der Waals surface area contributed by atoms with Crippen LogP contribution in [0, 0.1) is 18.7 Å². The monoisotopic (exact) mass is 431 g/mol. The van der Waals surface area contributed by atoms with Gasteiger partial charge in [-0.05, 0) is 54.4 Å². The molecule has 1 N–H and O–H groups in total. The lowest BCUT2D eigenvalue weighted by molar-refractivity contribution is -0.0506. The van der Waals surface area contributed by atoms with Crippen molar-refractivity contribution in [2.45, 2.75) is 13.5 Å². The number of anilines is 1. The minimum absolute atomic E-state index is 0.277. The van der Waals surface area contributed by atoms with Gasteiger partial charge in [0.1, 0.15) is 29.2 Å².